The van der Waals surface area contributed by atoms with Gasteiger partial charge in [0, 0.05) is 29.9 Å². The van der Waals surface area contributed by atoms with Crippen LogP contribution in [0.25, 0.3) is 22.5 Å². The van der Waals surface area contributed by atoms with Gasteiger partial charge in [0.05, 0.1) is 17.1 Å². The van der Waals surface area contributed by atoms with Crippen LogP contribution in [-0.2, 0) is 6.18 Å². The van der Waals surface area contributed by atoms with Crippen molar-refractivity contribution in [1.82, 2.24) is 20.1 Å². The molecule has 3 aromatic carbocycles. The lowest BCUT2D eigenvalue weighted by Crippen LogP contribution is -2.39. The second-order valence-corrected chi connectivity index (χ2v) is 9.38. The van der Waals surface area contributed by atoms with Crippen LogP contribution in [0.4, 0.5) is 32.0 Å². The van der Waals surface area contributed by atoms with Crippen LogP contribution < -0.4 is 15.2 Å². The lowest BCUT2D eigenvalue weighted by molar-refractivity contribution is -0.274. The molecule has 0 amide bonds. The van der Waals surface area contributed by atoms with E-state index in [9.17, 15) is 26.3 Å². The van der Waals surface area contributed by atoms with Gasteiger partial charge in [-0.1, -0.05) is 18.2 Å². The highest BCUT2D eigenvalue weighted by Gasteiger charge is 2.35. The highest BCUT2D eigenvalue weighted by atomic mass is 32.1. The summed E-state index contributed by atoms with van der Waals surface area (Å²) in [5.74, 6) is -0.265. The summed E-state index contributed by atoms with van der Waals surface area (Å²) in [7, 11) is 1.69. The maximum atomic E-state index is 13.5. The number of halogens is 6. The summed E-state index contributed by atoms with van der Waals surface area (Å²) in [5.41, 5.74) is 5.50. The zero-order valence-corrected chi connectivity index (χ0v) is 21.8. The fourth-order valence-electron chi connectivity index (χ4n) is 4.37. The third kappa shape index (κ3) is 5.61. The van der Waals surface area contributed by atoms with Crippen LogP contribution in [0.1, 0.15) is 17.1 Å². The van der Waals surface area contributed by atoms with Crippen molar-refractivity contribution in [2.45, 2.75) is 24.4 Å². The van der Waals surface area contributed by atoms with Gasteiger partial charge in [0.1, 0.15) is 11.6 Å². The number of aromatic nitrogens is 2. The molecule has 2 heterocycles. The fourth-order valence-corrected chi connectivity index (χ4v) is 4.60. The first-order chi connectivity index (χ1) is 18.8. The number of alkyl halides is 6. The number of nitrogens with one attached hydrogen (secondary N) is 1. The number of nitrogens with zero attached hydrogens (tertiary/aromatic N) is 4. The van der Waals surface area contributed by atoms with E-state index in [1.807, 2.05) is 30.3 Å². The largest absolute Gasteiger partial charge is 0.573 e. The second kappa shape index (κ2) is 10.1. The fraction of sp³-hybridized carbons (Fsp3) is 0.148. The molecule has 5 rings (SSSR count). The molecule has 1 aromatic heterocycles. The number of benzene rings is 3. The van der Waals surface area contributed by atoms with Crippen LogP contribution >= 0.6 is 12.6 Å². The SMILES string of the molecule is Cc1nc(C(F)(F)F)cn1-c1ccc(-c2cccc(S)c2)cc1N1C(c2ccc(OC(F)(F)F)cc2)=CNN1C. The minimum atomic E-state index is -4.83. The summed E-state index contributed by atoms with van der Waals surface area (Å²) < 4.78 is 83.8. The Labute approximate surface area is 230 Å². The van der Waals surface area contributed by atoms with Crippen molar-refractivity contribution in [3.05, 3.63) is 96.2 Å². The topological polar surface area (TPSA) is 45.6 Å². The molecule has 0 fully saturated rings. The molecule has 1 aliphatic heterocycles. The molecule has 0 spiro atoms. The lowest BCUT2D eigenvalue weighted by atomic mass is 10.0. The molecular formula is C27H21F6N5OS. The Kier molecular flexibility index (Phi) is 6.96. The Morgan fingerprint density at radius 3 is 2.15 bits per heavy atom. The van der Waals surface area contributed by atoms with Crippen molar-refractivity contribution >= 4 is 24.0 Å². The molecule has 0 bridgehead atoms. The van der Waals surface area contributed by atoms with E-state index in [2.05, 4.69) is 27.8 Å². The normalized spacial score (nSPS) is 14.3. The van der Waals surface area contributed by atoms with Crippen molar-refractivity contribution in [1.29, 1.82) is 0 Å². The number of hydrogen-bond donors (Lipinski definition) is 2. The van der Waals surface area contributed by atoms with Gasteiger partial charge < -0.3 is 14.7 Å². The highest BCUT2D eigenvalue weighted by molar-refractivity contribution is 7.80. The maximum Gasteiger partial charge on any atom is 0.573 e. The van der Waals surface area contributed by atoms with Crippen molar-refractivity contribution < 1.29 is 31.1 Å². The third-order valence-corrected chi connectivity index (χ3v) is 6.39. The van der Waals surface area contributed by atoms with E-state index in [4.69, 9.17) is 0 Å². The second-order valence-electron chi connectivity index (χ2n) is 8.86. The molecule has 0 radical (unpaired) electrons. The van der Waals surface area contributed by atoms with Gasteiger partial charge in [-0.2, -0.15) is 13.2 Å². The number of ether oxygens (including phenoxy) is 1. The predicted octanol–water partition coefficient (Wildman–Crippen LogP) is 7.22. The predicted molar refractivity (Wildman–Crippen MR) is 140 cm³/mol. The number of thiol groups is 1. The van der Waals surface area contributed by atoms with Gasteiger partial charge in [0.25, 0.3) is 0 Å². The standard InChI is InChI=1S/C27H21F6N5OS/c1-16-35-25(26(28,29)30)15-37(16)22-11-8-19(18-4-3-5-21(40)12-18)13-23(22)38-24(14-34-36(38)2)17-6-9-20(10-7-17)39-27(31,32)33/h3-15,34,40H,1-2H3. The lowest BCUT2D eigenvalue weighted by Gasteiger charge is -2.31. The van der Waals surface area contributed by atoms with Gasteiger partial charge in [0.15, 0.2) is 5.69 Å². The van der Waals surface area contributed by atoms with Crippen LogP contribution in [0.5, 0.6) is 5.75 Å². The Hall–Kier alpha value is -4.10. The molecule has 4 aromatic rings. The molecule has 40 heavy (non-hydrogen) atoms. The molecule has 0 unspecified atom stereocenters. The summed E-state index contributed by atoms with van der Waals surface area (Å²) in [6.45, 7) is 1.47. The van der Waals surface area contributed by atoms with E-state index < -0.39 is 18.2 Å². The molecule has 208 valence electrons. The first-order valence-corrected chi connectivity index (χ1v) is 12.2. The number of anilines is 1. The number of imidazole rings is 1. The number of hydrazine groups is 2. The summed E-state index contributed by atoms with van der Waals surface area (Å²) in [6.07, 6.45) is -6.91. The quantitative estimate of drug-likeness (QED) is 0.194. The summed E-state index contributed by atoms with van der Waals surface area (Å²) in [5, 5.41) is 3.31. The Morgan fingerprint density at radius 2 is 1.52 bits per heavy atom. The average molecular weight is 578 g/mol. The monoisotopic (exact) mass is 577 g/mol. The molecule has 0 aliphatic carbocycles. The van der Waals surface area contributed by atoms with Gasteiger partial charge in [-0.05, 0) is 66.6 Å². The number of rotatable bonds is 5. The molecule has 0 saturated carbocycles. The molecule has 0 atom stereocenters. The van der Waals surface area contributed by atoms with Crippen molar-refractivity contribution in [3.8, 4) is 22.6 Å². The van der Waals surface area contributed by atoms with E-state index in [1.165, 1.54) is 35.8 Å². The zero-order valence-electron chi connectivity index (χ0n) is 20.9. The minimum Gasteiger partial charge on any atom is -0.406 e. The van der Waals surface area contributed by atoms with Gasteiger partial charge in [-0.3, -0.25) is 5.01 Å². The average Bonchev–Trinajstić information content (AvgIpc) is 3.46. The van der Waals surface area contributed by atoms with E-state index in [0.29, 0.717) is 22.6 Å². The third-order valence-electron chi connectivity index (χ3n) is 6.12. The van der Waals surface area contributed by atoms with E-state index >= 15 is 0 Å². The summed E-state index contributed by atoms with van der Waals surface area (Å²) in [4.78, 5) is 4.44. The van der Waals surface area contributed by atoms with Gasteiger partial charge in [-0.25, -0.2) is 4.98 Å². The molecule has 6 nitrogen and oxygen atoms in total. The van der Waals surface area contributed by atoms with Crippen molar-refractivity contribution in [2.75, 3.05) is 12.1 Å². The van der Waals surface area contributed by atoms with Crippen LogP contribution in [0, 0.1) is 6.92 Å². The first-order valence-electron chi connectivity index (χ1n) is 11.7. The highest BCUT2D eigenvalue weighted by Crippen LogP contribution is 2.39. The van der Waals surface area contributed by atoms with Crippen LogP contribution in [0.2, 0.25) is 0 Å². The first kappa shape index (κ1) is 27.5. The van der Waals surface area contributed by atoms with Gasteiger partial charge >= 0.3 is 12.5 Å². The maximum absolute atomic E-state index is 13.5. The number of hydrogen-bond acceptors (Lipinski definition) is 6. The Morgan fingerprint density at radius 1 is 0.850 bits per heavy atom. The Bertz CT molecular complexity index is 1580. The molecule has 0 saturated heterocycles. The van der Waals surface area contributed by atoms with Crippen LogP contribution in [0.3, 0.4) is 0 Å². The van der Waals surface area contributed by atoms with Crippen LogP contribution in [0.15, 0.2) is 84.0 Å². The summed E-state index contributed by atoms with van der Waals surface area (Å²) >= 11 is 4.41. The molecular weight excluding hydrogens is 556 g/mol. The van der Waals surface area contributed by atoms with E-state index in [0.717, 1.165) is 22.2 Å². The van der Waals surface area contributed by atoms with Gasteiger partial charge in [-0.15, -0.1) is 30.9 Å². The smallest absolute Gasteiger partial charge is 0.406 e. The summed E-state index contributed by atoms with van der Waals surface area (Å²) in [6, 6.07) is 18.0. The van der Waals surface area contributed by atoms with E-state index in [1.54, 1.807) is 35.5 Å². The van der Waals surface area contributed by atoms with Crippen LogP contribution in [-0.4, -0.2) is 28.1 Å². The minimum absolute atomic E-state index is 0.118. The van der Waals surface area contributed by atoms with Crippen molar-refractivity contribution in [3.63, 3.8) is 0 Å². The van der Waals surface area contributed by atoms with Crippen molar-refractivity contribution in [2.24, 2.45) is 0 Å². The number of aryl methyl sites for hydroxylation is 1. The molecule has 1 aliphatic rings. The Balaban J connectivity index is 1.64. The molecule has 13 heteroatoms. The van der Waals surface area contributed by atoms with Gasteiger partial charge in [0.2, 0.25) is 0 Å². The zero-order chi connectivity index (χ0) is 28.8. The molecule has 1 N–H and O–H groups in total. The van der Waals surface area contributed by atoms with E-state index in [-0.39, 0.29) is 11.6 Å².